The number of nitrogens with one attached hydrogen (secondary N) is 1. The number of urea groups is 1. The van der Waals surface area contributed by atoms with E-state index in [2.05, 4.69) is 12.2 Å². The lowest BCUT2D eigenvalue weighted by atomic mass is 10.00. The summed E-state index contributed by atoms with van der Waals surface area (Å²) in [5, 5.41) is 12.8. The Morgan fingerprint density at radius 1 is 1.37 bits per heavy atom. The number of aliphatic hydroxyl groups excluding tert-OH is 1. The molecule has 0 bridgehead atoms. The summed E-state index contributed by atoms with van der Waals surface area (Å²) < 4.78 is 0. The van der Waals surface area contributed by atoms with Crippen molar-refractivity contribution < 1.29 is 9.90 Å². The minimum Gasteiger partial charge on any atom is -0.387 e. The molecule has 1 atom stereocenters. The highest BCUT2D eigenvalue weighted by molar-refractivity contribution is 5.74. The molecular formula is C15H22N2O2. The Kier molecular flexibility index (Phi) is 4.80. The first-order valence-corrected chi connectivity index (χ1v) is 6.92. The molecular weight excluding hydrogens is 240 g/mol. The van der Waals surface area contributed by atoms with Crippen molar-refractivity contribution in [2.45, 2.75) is 25.9 Å². The highest BCUT2D eigenvalue weighted by atomic mass is 16.3. The van der Waals surface area contributed by atoms with E-state index in [1.165, 1.54) is 0 Å². The van der Waals surface area contributed by atoms with E-state index in [1.54, 1.807) is 0 Å². The van der Waals surface area contributed by atoms with E-state index in [-0.39, 0.29) is 12.6 Å². The molecule has 1 aliphatic heterocycles. The first-order valence-electron chi connectivity index (χ1n) is 6.92. The minimum atomic E-state index is -0.645. The van der Waals surface area contributed by atoms with Crippen LogP contribution in [0.15, 0.2) is 30.3 Å². The highest BCUT2D eigenvalue weighted by Crippen LogP contribution is 2.16. The van der Waals surface area contributed by atoms with Gasteiger partial charge in [0.15, 0.2) is 0 Å². The summed E-state index contributed by atoms with van der Waals surface area (Å²) in [7, 11) is 0. The Balaban J connectivity index is 1.77. The summed E-state index contributed by atoms with van der Waals surface area (Å²) in [6, 6.07) is 9.32. The van der Waals surface area contributed by atoms with Crippen molar-refractivity contribution in [3.8, 4) is 0 Å². The van der Waals surface area contributed by atoms with Crippen molar-refractivity contribution in [3.63, 3.8) is 0 Å². The monoisotopic (exact) mass is 262 g/mol. The average molecular weight is 262 g/mol. The lowest BCUT2D eigenvalue weighted by Crippen LogP contribution is -2.45. The number of hydrogen-bond acceptors (Lipinski definition) is 2. The van der Waals surface area contributed by atoms with Gasteiger partial charge in [0.1, 0.15) is 0 Å². The maximum Gasteiger partial charge on any atom is 0.317 e. The molecule has 0 aliphatic carbocycles. The van der Waals surface area contributed by atoms with E-state index in [0.29, 0.717) is 5.92 Å². The predicted octanol–water partition coefficient (Wildman–Crippen LogP) is 2.16. The molecule has 1 fully saturated rings. The molecule has 1 saturated heterocycles. The Hall–Kier alpha value is -1.55. The van der Waals surface area contributed by atoms with Gasteiger partial charge in [-0.3, -0.25) is 0 Å². The molecule has 2 amide bonds. The zero-order chi connectivity index (χ0) is 13.7. The van der Waals surface area contributed by atoms with E-state index in [0.717, 1.165) is 31.5 Å². The van der Waals surface area contributed by atoms with Gasteiger partial charge in [-0.25, -0.2) is 4.79 Å². The van der Waals surface area contributed by atoms with Crippen molar-refractivity contribution in [2.75, 3.05) is 19.6 Å². The average Bonchev–Trinajstić information content (AvgIpc) is 2.46. The minimum absolute atomic E-state index is 0.0677. The molecule has 19 heavy (non-hydrogen) atoms. The SMILES string of the molecule is CC1CCN(C(=O)NCC(O)c2ccccc2)CC1. The molecule has 2 N–H and O–H groups in total. The second-order valence-corrected chi connectivity index (χ2v) is 5.28. The maximum atomic E-state index is 11.9. The van der Waals surface area contributed by atoms with Crippen LogP contribution in [0.1, 0.15) is 31.4 Å². The number of aliphatic hydroxyl groups is 1. The van der Waals surface area contributed by atoms with Crippen LogP contribution in [0.5, 0.6) is 0 Å². The molecule has 1 aromatic carbocycles. The summed E-state index contributed by atoms with van der Waals surface area (Å²) in [4.78, 5) is 13.8. The largest absolute Gasteiger partial charge is 0.387 e. The Morgan fingerprint density at radius 2 is 2.00 bits per heavy atom. The third kappa shape index (κ3) is 3.96. The quantitative estimate of drug-likeness (QED) is 0.877. The van der Waals surface area contributed by atoms with Crippen LogP contribution in [-0.2, 0) is 0 Å². The Labute approximate surface area is 114 Å². The smallest absolute Gasteiger partial charge is 0.317 e. The van der Waals surface area contributed by atoms with Crippen LogP contribution >= 0.6 is 0 Å². The van der Waals surface area contributed by atoms with E-state index >= 15 is 0 Å². The molecule has 0 aromatic heterocycles. The molecule has 4 heteroatoms. The van der Waals surface area contributed by atoms with Crippen LogP contribution < -0.4 is 5.32 Å². The molecule has 1 heterocycles. The first-order chi connectivity index (χ1) is 9.16. The molecule has 1 aromatic rings. The van der Waals surface area contributed by atoms with Crippen molar-refractivity contribution in [1.29, 1.82) is 0 Å². The predicted molar refractivity (Wildman–Crippen MR) is 74.8 cm³/mol. The number of rotatable bonds is 3. The molecule has 0 spiro atoms. The van der Waals surface area contributed by atoms with Gasteiger partial charge in [-0.05, 0) is 24.3 Å². The maximum absolute atomic E-state index is 11.9. The van der Waals surface area contributed by atoms with E-state index in [4.69, 9.17) is 0 Å². The molecule has 2 rings (SSSR count). The lowest BCUT2D eigenvalue weighted by Gasteiger charge is -2.30. The zero-order valence-corrected chi connectivity index (χ0v) is 11.4. The number of benzene rings is 1. The van der Waals surface area contributed by atoms with Gasteiger partial charge in [-0.1, -0.05) is 37.3 Å². The summed E-state index contributed by atoms with van der Waals surface area (Å²) in [6.45, 7) is 4.10. The van der Waals surface area contributed by atoms with Gasteiger partial charge >= 0.3 is 6.03 Å². The fourth-order valence-electron chi connectivity index (χ4n) is 2.30. The Bertz CT molecular complexity index is 400. The van der Waals surface area contributed by atoms with Gasteiger partial charge in [-0.15, -0.1) is 0 Å². The van der Waals surface area contributed by atoms with Crippen LogP contribution in [-0.4, -0.2) is 35.7 Å². The fraction of sp³-hybridized carbons (Fsp3) is 0.533. The Morgan fingerprint density at radius 3 is 2.63 bits per heavy atom. The van der Waals surface area contributed by atoms with Crippen LogP contribution in [0.25, 0.3) is 0 Å². The number of nitrogens with zero attached hydrogens (tertiary/aromatic N) is 1. The van der Waals surface area contributed by atoms with Crippen molar-refractivity contribution in [2.24, 2.45) is 5.92 Å². The molecule has 0 saturated carbocycles. The van der Waals surface area contributed by atoms with E-state index in [9.17, 15) is 9.90 Å². The van der Waals surface area contributed by atoms with E-state index < -0.39 is 6.10 Å². The second kappa shape index (κ2) is 6.57. The molecule has 4 nitrogen and oxygen atoms in total. The van der Waals surface area contributed by atoms with Gasteiger partial charge in [0.2, 0.25) is 0 Å². The zero-order valence-electron chi connectivity index (χ0n) is 11.4. The number of carbonyl (C=O) groups is 1. The molecule has 0 radical (unpaired) electrons. The van der Waals surface area contributed by atoms with Gasteiger partial charge in [0.05, 0.1) is 6.10 Å². The van der Waals surface area contributed by atoms with Crippen molar-refractivity contribution in [1.82, 2.24) is 10.2 Å². The van der Waals surface area contributed by atoms with E-state index in [1.807, 2.05) is 35.2 Å². The fourth-order valence-corrected chi connectivity index (χ4v) is 2.30. The number of carbonyl (C=O) groups excluding carboxylic acids is 1. The topological polar surface area (TPSA) is 52.6 Å². The summed E-state index contributed by atoms with van der Waals surface area (Å²) in [6.07, 6.45) is 1.48. The number of amides is 2. The third-order valence-electron chi connectivity index (χ3n) is 3.70. The standard InChI is InChI=1S/C15H22N2O2/c1-12-7-9-17(10-8-12)15(19)16-11-14(18)13-5-3-2-4-6-13/h2-6,12,14,18H,7-11H2,1H3,(H,16,19). The van der Waals surface area contributed by atoms with Crippen LogP contribution in [0, 0.1) is 5.92 Å². The highest BCUT2D eigenvalue weighted by Gasteiger charge is 2.20. The summed E-state index contributed by atoms with van der Waals surface area (Å²) in [5.41, 5.74) is 0.829. The molecule has 1 aliphatic rings. The lowest BCUT2D eigenvalue weighted by molar-refractivity contribution is 0.152. The van der Waals surface area contributed by atoms with Gasteiger partial charge in [-0.2, -0.15) is 0 Å². The van der Waals surface area contributed by atoms with Gasteiger partial charge in [0.25, 0.3) is 0 Å². The second-order valence-electron chi connectivity index (χ2n) is 5.28. The summed E-state index contributed by atoms with van der Waals surface area (Å²) in [5.74, 6) is 0.707. The normalized spacial score (nSPS) is 18.1. The van der Waals surface area contributed by atoms with Gasteiger partial charge < -0.3 is 15.3 Å². The molecule has 1 unspecified atom stereocenters. The van der Waals surface area contributed by atoms with Crippen LogP contribution in [0.2, 0.25) is 0 Å². The molecule has 104 valence electrons. The number of hydrogen-bond donors (Lipinski definition) is 2. The first kappa shape index (κ1) is 13.9. The van der Waals surface area contributed by atoms with Gasteiger partial charge in [0, 0.05) is 19.6 Å². The number of piperidine rings is 1. The number of likely N-dealkylation sites (tertiary alicyclic amines) is 1. The van der Waals surface area contributed by atoms with Crippen molar-refractivity contribution in [3.05, 3.63) is 35.9 Å². The van der Waals surface area contributed by atoms with Crippen LogP contribution in [0.3, 0.4) is 0 Å². The third-order valence-corrected chi connectivity index (χ3v) is 3.70. The summed E-state index contributed by atoms with van der Waals surface area (Å²) >= 11 is 0. The van der Waals surface area contributed by atoms with Crippen LogP contribution in [0.4, 0.5) is 4.79 Å². The van der Waals surface area contributed by atoms with Crippen molar-refractivity contribution >= 4 is 6.03 Å².